The minimum absolute atomic E-state index is 0.441. The number of hydrogen-bond donors (Lipinski definition) is 2. The molecule has 1 aromatic heterocycles. The second-order valence-corrected chi connectivity index (χ2v) is 6.05. The summed E-state index contributed by atoms with van der Waals surface area (Å²) in [4.78, 5) is 16.7. The molecule has 0 saturated heterocycles. The normalized spacial score (nSPS) is 16.5. The predicted octanol–water partition coefficient (Wildman–Crippen LogP) is 2.88. The lowest BCUT2D eigenvalue weighted by atomic mass is 10.1. The minimum Gasteiger partial charge on any atom is -0.497 e. The summed E-state index contributed by atoms with van der Waals surface area (Å²) in [6.07, 6.45) is 1.48. The number of aliphatic carboxylic acids is 1. The first-order valence-electron chi connectivity index (χ1n) is 6.76. The van der Waals surface area contributed by atoms with Gasteiger partial charge in [0.1, 0.15) is 11.7 Å². The number of nitrogens with one attached hydrogen (secondary N) is 1. The van der Waals surface area contributed by atoms with Crippen LogP contribution in [-0.2, 0) is 17.8 Å². The van der Waals surface area contributed by atoms with Gasteiger partial charge in [-0.1, -0.05) is 12.1 Å². The van der Waals surface area contributed by atoms with Crippen LogP contribution in [0.1, 0.15) is 28.5 Å². The van der Waals surface area contributed by atoms with E-state index in [1.807, 2.05) is 24.3 Å². The van der Waals surface area contributed by atoms with Crippen molar-refractivity contribution in [1.82, 2.24) is 4.98 Å². The molecule has 0 bridgehead atoms. The number of carbonyl (C=O) groups is 1. The number of anilines is 1. The first-order valence-corrected chi connectivity index (χ1v) is 7.58. The Morgan fingerprint density at radius 1 is 1.57 bits per heavy atom. The number of carboxylic acids is 1. The smallest absolute Gasteiger partial charge is 0.312 e. The van der Waals surface area contributed by atoms with Gasteiger partial charge < -0.3 is 15.2 Å². The Kier molecular flexibility index (Phi) is 3.79. The van der Waals surface area contributed by atoms with Crippen LogP contribution in [0, 0.1) is 0 Å². The number of aromatic nitrogens is 1. The Hall–Kier alpha value is -2.08. The van der Waals surface area contributed by atoms with Crippen LogP contribution in [0.2, 0.25) is 0 Å². The first kappa shape index (κ1) is 13.9. The van der Waals surface area contributed by atoms with Crippen LogP contribution in [0.4, 0.5) is 5.13 Å². The first-order chi connectivity index (χ1) is 10.2. The number of aryl methyl sites for hydroxylation is 1. The van der Waals surface area contributed by atoms with E-state index in [2.05, 4.69) is 10.3 Å². The van der Waals surface area contributed by atoms with Crippen LogP contribution < -0.4 is 10.1 Å². The largest absolute Gasteiger partial charge is 0.497 e. The minimum atomic E-state index is -0.779. The third-order valence-electron chi connectivity index (χ3n) is 3.59. The number of thiazole rings is 1. The second kappa shape index (κ2) is 5.73. The number of rotatable bonds is 5. The second-order valence-electron chi connectivity index (χ2n) is 4.96. The maximum absolute atomic E-state index is 11.2. The van der Waals surface area contributed by atoms with Crippen LogP contribution in [-0.4, -0.2) is 23.2 Å². The molecule has 2 aromatic rings. The topological polar surface area (TPSA) is 71.5 Å². The number of carboxylic acid groups (broad SMARTS) is 1. The maximum atomic E-state index is 11.2. The van der Waals surface area contributed by atoms with E-state index in [-0.39, 0.29) is 0 Å². The molecule has 110 valence electrons. The highest BCUT2D eigenvalue weighted by atomic mass is 32.1. The average Bonchev–Trinajstić information content (AvgIpc) is 3.04. The van der Waals surface area contributed by atoms with Gasteiger partial charge in [0.2, 0.25) is 0 Å². The Balaban J connectivity index is 1.69. The fraction of sp³-hybridized carbons (Fsp3) is 0.333. The summed E-state index contributed by atoms with van der Waals surface area (Å²) in [6, 6.07) is 7.82. The van der Waals surface area contributed by atoms with Crippen molar-refractivity contribution in [3.05, 3.63) is 40.4 Å². The van der Waals surface area contributed by atoms with Crippen molar-refractivity contribution in [2.24, 2.45) is 0 Å². The number of hydrogen-bond acceptors (Lipinski definition) is 5. The zero-order valence-corrected chi connectivity index (χ0v) is 12.4. The van der Waals surface area contributed by atoms with E-state index in [0.29, 0.717) is 13.0 Å². The highest BCUT2D eigenvalue weighted by Gasteiger charge is 2.32. The molecule has 0 saturated carbocycles. The lowest BCUT2D eigenvalue weighted by Crippen LogP contribution is -2.09. The molecule has 0 spiro atoms. The van der Waals surface area contributed by atoms with E-state index in [9.17, 15) is 4.79 Å². The molecule has 1 atom stereocenters. The number of benzene rings is 1. The summed E-state index contributed by atoms with van der Waals surface area (Å²) >= 11 is 1.56. The molecule has 3 rings (SSSR count). The molecule has 21 heavy (non-hydrogen) atoms. The van der Waals surface area contributed by atoms with E-state index >= 15 is 0 Å². The van der Waals surface area contributed by atoms with Gasteiger partial charge in [-0.05, 0) is 30.5 Å². The number of nitrogens with zero attached hydrogens (tertiary/aromatic N) is 1. The van der Waals surface area contributed by atoms with Crippen LogP contribution in [0.15, 0.2) is 24.3 Å². The molecule has 2 N–H and O–H groups in total. The quantitative estimate of drug-likeness (QED) is 0.888. The highest BCUT2D eigenvalue weighted by molar-refractivity contribution is 7.15. The monoisotopic (exact) mass is 304 g/mol. The predicted molar refractivity (Wildman–Crippen MR) is 81.1 cm³/mol. The SMILES string of the molecule is COc1cccc(CNc2nc3c(s2)CCC3C(=O)O)c1. The molecule has 1 aliphatic carbocycles. The fourth-order valence-electron chi connectivity index (χ4n) is 2.50. The van der Waals surface area contributed by atoms with Crippen molar-refractivity contribution >= 4 is 22.4 Å². The van der Waals surface area contributed by atoms with E-state index in [1.165, 1.54) is 0 Å². The molecule has 0 amide bonds. The van der Waals surface area contributed by atoms with Crippen molar-refractivity contribution in [3.63, 3.8) is 0 Å². The van der Waals surface area contributed by atoms with E-state index in [4.69, 9.17) is 9.84 Å². The van der Waals surface area contributed by atoms with Gasteiger partial charge in [0.05, 0.1) is 12.8 Å². The molecule has 0 radical (unpaired) electrons. The van der Waals surface area contributed by atoms with Crippen molar-refractivity contribution in [1.29, 1.82) is 0 Å². The summed E-state index contributed by atoms with van der Waals surface area (Å²) < 4.78 is 5.19. The summed E-state index contributed by atoms with van der Waals surface area (Å²) in [5, 5.41) is 13.2. The van der Waals surface area contributed by atoms with Gasteiger partial charge in [0.25, 0.3) is 0 Å². The summed E-state index contributed by atoms with van der Waals surface area (Å²) in [6.45, 7) is 0.640. The molecule has 5 nitrogen and oxygen atoms in total. The zero-order valence-electron chi connectivity index (χ0n) is 11.6. The number of ether oxygens (including phenoxy) is 1. The molecular weight excluding hydrogens is 288 g/mol. The fourth-order valence-corrected chi connectivity index (χ4v) is 3.54. The molecule has 6 heteroatoms. The number of fused-ring (bicyclic) bond motifs is 1. The van der Waals surface area contributed by atoms with Crippen LogP contribution in [0.5, 0.6) is 5.75 Å². The maximum Gasteiger partial charge on any atom is 0.312 e. The van der Waals surface area contributed by atoms with Gasteiger partial charge >= 0.3 is 5.97 Å². The molecule has 1 aromatic carbocycles. The van der Waals surface area contributed by atoms with Gasteiger partial charge in [-0.15, -0.1) is 11.3 Å². The molecule has 1 aliphatic rings. The molecular formula is C15H16N2O3S. The van der Waals surface area contributed by atoms with E-state index in [0.717, 1.165) is 33.4 Å². The lowest BCUT2D eigenvalue weighted by Gasteiger charge is -2.06. The zero-order chi connectivity index (χ0) is 14.8. The third kappa shape index (κ3) is 2.85. The molecule has 0 fully saturated rings. The van der Waals surface area contributed by atoms with Crippen LogP contribution in [0.25, 0.3) is 0 Å². The van der Waals surface area contributed by atoms with Crippen LogP contribution in [0.3, 0.4) is 0 Å². The average molecular weight is 304 g/mol. The van der Waals surface area contributed by atoms with Crippen LogP contribution >= 0.6 is 11.3 Å². The summed E-state index contributed by atoms with van der Waals surface area (Å²) in [5.41, 5.74) is 1.83. The summed E-state index contributed by atoms with van der Waals surface area (Å²) in [5.74, 6) is -0.399. The van der Waals surface area contributed by atoms with Gasteiger partial charge in [-0.25, -0.2) is 4.98 Å². The Labute approximate surface area is 126 Å². The number of methoxy groups -OCH3 is 1. The molecule has 1 heterocycles. The van der Waals surface area contributed by atoms with Crippen molar-refractivity contribution < 1.29 is 14.6 Å². The van der Waals surface area contributed by atoms with Crippen molar-refractivity contribution in [2.45, 2.75) is 25.3 Å². The van der Waals surface area contributed by atoms with E-state index in [1.54, 1.807) is 18.4 Å². The molecule has 1 unspecified atom stereocenters. The van der Waals surface area contributed by atoms with Gasteiger partial charge in [0.15, 0.2) is 5.13 Å². The summed E-state index contributed by atoms with van der Waals surface area (Å²) in [7, 11) is 1.64. The van der Waals surface area contributed by atoms with Gasteiger partial charge in [-0.2, -0.15) is 0 Å². The van der Waals surface area contributed by atoms with Gasteiger partial charge in [-0.3, -0.25) is 4.79 Å². The Bertz CT molecular complexity index is 669. The molecule has 0 aliphatic heterocycles. The van der Waals surface area contributed by atoms with Crippen molar-refractivity contribution in [3.8, 4) is 5.75 Å². The third-order valence-corrected chi connectivity index (χ3v) is 4.68. The highest BCUT2D eigenvalue weighted by Crippen LogP contribution is 2.38. The Morgan fingerprint density at radius 2 is 2.43 bits per heavy atom. The van der Waals surface area contributed by atoms with Crippen molar-refractivity contribution in [2.75, 3.05) is 12.4 Å². The van der Waals surface area contributed by atoms with Gasteiger partial charge in [0, 0.05) is 11.4 Å². The van der Waals surface area contributed by atoms with E-state index < -0.39 is 11.9 Å². The lowest BCUT2D eigenvalue weighted by molar-refractivity contribution is -0.138. The standard InChI is InChI=1S/C15H16N2O3S/c1-20-10-4-2-3-9(7-10)8-16-15-17-13-11(14(18)19)5-6-12(13)21-15/h2-4,7,11H,5-6,8H2,1H3,(H,16,17)(H,18,19). The Morgan fingerprint density at radius 3 is 3.19 bits per heavy atom.